The second-order valence-corrected chi connectivity index (χ2v) is 7.32. The van der Waals surface area contributed by atoms with Crippen LogP contribution in [0.25, 0.3) is 0 Å². The number of hydrogen-bond donors (Lipinski definition) is 0. The van der Waals surface area contributed by atoms with Crippen LogP contribution >= 0.6 is 0 Å². The number of nitrogens with zero attached hydrogens (tertiary/aromatic N) is 1. The average molecular weight is 291 g/mol. The molecule has 0 aromatic rings. The molecule has 1 amide bonds. The quantitative estimate of drug-likeness (QED) is 0.795. The first-order valence-electron chi connectivity index (χ1n) is 9.08. The lowest BCUT2D eigenvalue weighted by molar-refractivity contribution is -0.139. The zero-order valence-corrected chi connectivity index (χ0v) is 13.2. The van der Waals surface area contributed by atoms with Gasteiger partial charge in [0.25, 0.3) is 0 Å². The molecule has 2 saturated carbocycles. The molecule has 118 valence electrons. The molecule has 3 heteroatoms. The van der Waals surface area contributed by atoms with Crippen molar-refractivity contribution < 1.29 is 9.59 Å². The predicted molar refractivity (Wildman–Crippen MR) is 82.9 cm³/mol. The van der Waals surface area contributed by atoms with Crippen LogP contribution in [0.2, 0.25) is 0 Å². The van der Waals surface area contributed by atoms with E-state index in [-0.39, 0.29) is 12.0 Å². The Morgan fingerprint density at radius 1 is 0.952 bits per heavy atom. The van der Waals surface area contributed by atoms with Gasteiger partial charge in [0.05, 0.1) is 0 Å². The van der Waals surface area contributed by atoms with Crippen molar-refractivity contribution in [2.75, 3.05) is 6.54 Å². The number of ketones is 1. The van der Waals surface area contributed by atoms with Gasteiger partial charge in [-0.1, -0.05) is 25.7 Å². The Bertz CT molecular complexity index is 389. The molecule has 0 radical (unpaired) electrons. The van der Waals surface area contributed by atoms with Gasteiger partial charge < -0.3 is 4.90 Å². The third kappa shape index (κ3) is 3.49. The molecule has 1 heterocycles. The fourth-order valence-electron chi connectivity index (χ4n) is 4.34. The molecule has 21 heavy (non-hydrogen) atoms. The Hall–Kier alpha value is -0.860. The van der Waals surface area contributed by atoms with E-state index in [1.165, 1.54) is 32.1 Å². The van der Waals surface area contributed by atoms with Gasteiger partial charge >= 0.3 is 0 Å². The van der Waals surface area contributed by atoms with Crippen LogP contribution in [0.3, 0.4) is 0 Å². The summed E-state index contributed by atoms with van der Waals surface area (Å²) >= 11 is 0. The molecule has 0 N–H and O–H groups in total. The maximum Gasteiger partial charge on any atom is 0.223 e. The summed E-state index contributed by atoms with van der Waals surface area (Å²) in [7, 11) is 0. The van der Waals surface area contributed by atoms with Crippen LogP contribution < -0.4 is 0 Å². The first-order valence-corrected chi connectivity index (χ1v) is 9.08. The molecule has 2 unspecified atom stereocenters. The number of hydrogen-bond acceptors (Lipinski definition) is 2. The molecule has 0 aromatic carbocycles. The molecule has 3 fully saturated rings. The second kappa shape index (κ2) is 6.93. The molecule has 3 rings (SSSR count). The molecule has 0 aromatic heterocycles. The average Bonchev–Trinajstić information content (AvgIpc) is 2.69. The van der Waals surface area contributed by atoms with Crippen molar-refractivity contribution in [2.24, 2.45) is 11.8 Å². The Labute approximate surface area is 128 Å². The lowest BCUT2D eigenvalue weighted by atomic mass is 9.79. The molecule has 1 saturated heterocycles. The van der Waals surface area contributed by atoms with Gasteiger partial charge in [-0.2, -0.15) is 0 Å². The van der Waals surface area contributed by atoms with Gasteiger partial charge in [0, 0.05) is 31.3 Å². The van der Waals surface area contributed by atoms with E-state index in [2.05, 4.69) is 4.90 Å². The van der Waals surface area contributed by atoms with E-state index < -0.39 is 0 Å². The number of rotatable bonds is 3. The topological polar surface area (TPSA) is 37.4 Å². The highest BCUT2D eigenvalue weighted by Gasteiger charge is 2.37. The van der Waals surface area contributed by atoms with Gasteiger partial charge in [-0.25, -0.2) is 0 Å². The van der Waals surface area contributed by atoms with Crippen molar-refractivity contribution in [1.82, 2.24) is 4.90 Å². The molecule has 1 aliphatic heterocycles. The SMILES string of the molecule is O=C1CCCCC1C1CCCCCN1C(=O)CC1CCC1. The van der Waals surface area contributed by atoms with E-state index >= 15 is 0 Å². The van der Waals surface area contributed by atoms with Gasteiger partial charge in [0.1, 0.15) is 5.78 Å². The van der Waals surface area contributed by atoms with Crippen LogP contribution in [0, 0.1) is 11.8 Å². The summed E-state index contributed by atoms with van der Waals surface area (Å²) in [5.41, 5.74) is 0. The van der Waals surface area contributed by atoms with Gasteiger partial charge in [-0.3, -0.25) is 9.59 Å². The van der Waals surface area contributed by atoms with Crippen LogP contribution in [0.1, 0.15) is 77.0 Å². The summed E-state index contributed by atoms with van der Waals surface area (Å²) in [6.07, 6.45) is 13.0. The standard InChI is InChI=1S/C18H29NO2/c20-17-11-4-3-9-15(17)16-10-2-1-5-12-19(16)18(21)13-14-7-6-8-14/h14-16H,1-13H2. The normalized spacial score (nSPS) is 31.6. The van der Waals surface area contributed by atoms with Gasteiger partial charge in [-0.15, -0.1) is 0 Å². The maximum atomic E-state index is 12.7. The molecule has 2 atom stereocenters. The predicted octanol–water partition coefficient (Wildman–Crippen LogP) is 3.71. The highest BCUT2D eigenvalue weighted by Crippen LogP contribution is 2.34. The summed E-state index contributed by atoms with van der Waals surface area (Å²) in [6.45, 7) is 0.889. The highest BCUT2D eigenvalue weighted by atomic mass is 16.2. The van der Waals surface area contributed by atoms with E-state index in [4.69, 9.17) is 0 Å². The Kier molecular flexibility index (Phi) is 4.97. The Morgan fingerprint density at radius 2 is 1.76 bits per heavy atom. The number of likely N-dealkylation sites (tertiary alicyclic amines) is 1. The molecule has 0 spiro atoms. The Morgan fingerprint density at radius 3 is 2.48 bits per heavy atom. The molecule has 2 aliphatic carbocycles. The van der Waals surface area contributed by atoms with Gasteiger partial charge in [0.2, 0.25) is 5.91 Å². The summed E-state index contributed by atoms with van der Waals surface area (Å²) in [4.78, 5) is 27.2. The van der Waals surface area contributed by atoms with Crippen LogP contribution in [-0.2, 0) is 9.59 Å². The van der Waals surface area contributed by atoms with Crippen molar-refractivity contribution in [3.05, 3.63) is 0 Å². The zero-order chi connectivity index (χ0) is 14.7. The van der Waals surface area contributed by atoms with E-state index in [1.54, 1.807) is 0 Å². The highest BCUT2D eigenvalue weighted by molar-refractivity contribution is 5.84. The van der Waals surface area contributed by atoms with Crippen LogP contribution in [0.15, 0.2) is 0 Å². The third-order valence-electron chi connectivity index (χ3n) is 5.87. The molecular formula is C18H29NO2. The fraction of sp³-hybridized carbons (Fsp3) is 0.889. The van der Waals surface area contributed by atoms with E-state index in [9.17, 15) is 9.59 Å². The van der Waals surface area contributed by atoms with Gasteiger partial charge in [-0.05, 0) is 44.4 Å². The van der Waals surface area contributed by atoms with Crippen LogP contribution in [-0.4, -0.2) is 29.2 Å². The first-order chi connectivity index (χ1) is 10.3. The summed E-state index contributed by atoms with van der Waals surface area (Å²) < 4.78 is 0. The molecular weight excluding hydrogens is 262 g/mol. The minimum Gasteiger partial charge on any atom is -0.339 e. The smallest absolute Gasteiger partial charge is 0.223 e. The lowest BCUT2D eigenvalue weighted by Crippen LogP contribution is -2.48. The summed E-state index contributed by atoms with van der Waals surface area (Å²) in [5.74, 6) is 1.53. The number of Topliss-reactive ketones (excluding diaryl/α,β-unsaturated/α-hetero) is 1. The second-order valence-electron chi connectivity index (χ2n) is 7.32. The molecule has 0 bridgehead atoms. The third-order valence-corrected chi connectivity index (χ3v) is 5.87. The molecule has 3 nitrogen and oxygen atoms in total. The fourth-order valence-corrected chi connectivity index (χ4v) is 4.34. The van der Waals surface area contributed by atoms with Crippen LogP contribution in [0.4, 0.5) is 0 Å². The minimum absolute atomic E-state index is 0.141. The number of carbonyl (C=O) groups is 2. The lowest BCUT2D eigenvalue weighted by Gasteiger charge is -2.38. The van der Waals surface area contributed by atoms with Crippen molar-refractivity contribution >= 4 is 11.7 Å². The van der Waals surface area contributed by atoms with E-state index in [1.807, 2.05) is 0 Å². The van der Waals surface area contributed by atoms with E-state index in [0.29, 0.717) is 17.6 Å². The monoisotopic (exact) mass is 291 g/mol. The van der Waals surface area contributed by atoms with Crippen molar-refractivity contribution in [2.45, 2.75) is 83.1 Å². The Balaban J connectivity index is 1.69. The van der Waals surface area contributed by atoms with Crippen molar-refractivity contribution in [3.8, 4) is 0 Å². The summed E-state index contributed by atoms with van der Waals surface area (Å²) in [5, 5.41) is 0. The zero-order valence-electron chi connectivity index (χ0n) is 13.2. The first kappa shape index (κ1) is 15.1. The number of carbonyl (C=O) groups excluding carboxylic acids is 2. The maximum absolute atomic E-state index is 12.7. The molecule has 3 aliphatic rings. The van der Waals surface area contributed by atoms with Crippen molar-refractivity contribution in [1.29, 1.82) is 0 Å². The summed E-state index contributed by atoms with van der Waals surface area (Å²) in [6, 6.07) is 0.216. The van der Waals surface area contributed by atoms with Gasteiger partial charge in [0.15, 0.2) is 0 Å². The minimum atomic E-state index is 0.141. The van der Waals surface area contributed by atoms with Crippen LogP contribution in [0.5, 0.6) is 0 Å². The number of amides is 1. The van der Waals surface area contributed by atoms with E-state index in [0.717, 1.165) is 51.5 Å². The largest absolute Gasteiger partial charge is 0.339 e. The van der Waals surface area contributed by atoms with Crippen molar-refractivity contribution in [3.63, 3.8) is 0 Å².